The van der Waals surface area contributed by atoms with Crippen molar-refractivity contribution in [2.45, 2.75) is 51.9 Å². The van der Waals surface area contributed by atoms with E-state index >= 15 is 0 Å². The molecule has 0 spiro atoms. The molecule has 0 saturated heterocycles. The molecule has 1 amide bonds. The lowest BCUT2D eigenvalue weighted by Crippen LogP contribution is -2.61. The van der Waals surface area contributed by atoms with Gasteiger partial charge in [-0.1, -0.05) is 58.9 Å². The van der Waals surface area contributed by atoms with Crippen LogP contribution in [-0.4, -0.2) is 16.8 Å². The molecule has 2 atom stereocenters. The van der Waals surface area contributed by atoms with E-state index in [2.05, 4.69) is 5.32 Å². The zero-order chi connectivity index (χ0) is 21.4. The van der Waals surface area contributed by atoms with Gasteiger partial charge in [-0.2, -0.15) is 0 Å². The van der Waals surface area contributed by atoms with Gasteiger partial charge in [0.1, 0.15) is 5.75 Å². The van der Waals surface area contributed by atoms with E-state index in [1.807, 2.05) is 26.0 Å². The average Bonchev–Trinajstić information content (AvgIpc) is 2.98. The fourth-order valence-electron chi connectivity index (χ4n) is 4.10. The largest absolute Gasteiger partial charge is 0.454 e. The van der Waals surface area contributed by atoms with Crippen molar-refractivity contribution in [2.24, 2.45) is 5.41 Å². The number of ether oxygens (including phenoxy) is 1. The summed E-state index contributed by atoms with van der Waals surface area (Å²) in [6, 6.07) is 10.3. The van der Waals surface area contributed by atoms with Crippen molar-refractivity contribution in [3.8, 4) is 5.75 Å². The van der Waals surface area contributed by atoms with Crippen molar-refractivity contribution in [1.82, 2.24) is 5.32 Å². The topological polar surface area (TPSA) is 102 Å². The Kier molecular flexibility index (Phi) is 3.91. The van der Waals surface area contributed by atoms with Crippen LogP contribution in [0.1, 0.15) is 67.6 Å². The van der Waals surface area contributed by atoms with E-state index in [0.29, 0.717) is 11.3 Å². The van der Waals surface area contributed by atoms with Gasteiger partial charge in [-0.3, -0.25) is 9.59 Å². The number of fused-ring (bicyclic) bond motifs is 5. The zero-order valence-electron chi connectivity index (χ0n) is 17.3. The Morgan fingerprint density at radius 1 is 1.17 bits per heavy atom. The maximum Gasteiger partial charge on any atom is 0.271 e. The Morgan fingerprint density at radius 3 is 2.48 bits per heavy atom. The summed E-state index contributed by atoms with van der Waals surface area (Å²) in [4.78, 5) is 26.7. The van der Waals surface area contributed by atoms with Crippen LogP contribution in [0.4, 0.5) is 5.69 Å². The van der Waals surface area contributed by atoms with Gasteiger partial charge in [0.2, 0.25) is 17.2 Å². The number of amides is 1. The van der Waals surface area contributed by atoms with Crippen LogP contribution in [0.5, 0.6) is 5.75 Å². The van der Waals surface area contributed by atoms with Crippen molar-refractivity contribution in [3.05, 3.63) is 58.7 Å². The molecule has 29 heavy (non-hydrogen) atoms. The number of benzene rings is 2. The minimum Gasteiger partial charge on any atom is -0.454 e. The van der Waals surface area contributed by atoms with E-state index in [1.165, 1.54) is 0 Å². The Labute approximate surface area is 170 Å². The highest BCUT2D eigenvalue weighted by atomic mass is 16.6. The summed E-state index contributed by atoms with van der Waals surface area (Å²) in [6.07, 6.45) is 0. The standard InChI is InChI=1S/C23H26N2O4/c1-12(2)13-9-10-14-17(11-13)29-23(28)15-7-6-8-16(24)18(15)19(26)22(14,23)25-20(27)21(3,4)5/h6-12,28H,24H2,1-5H3,(H,25,27). The van der Waals surface area contributed by atoms with E-state index in [4.69, 9.17) is 10.5 Å². The molecule has 2 aromatic carbocycles. The molecule has 4 N–H and O–H groups in total. The molecule has 2 aliphatic rings. The number of nitrogen functional groups attached to an aromatic ring is 1. The van der Waals surface area contributed by atoms with E-state index in [0.717, 1.165) is 5.56 Å². The second-order valence-corrected chi connectivity index (χ2v) is 9.21. The number of Topliss-reactive ketones (excluding diaryl/α,β-unsaturated/α-hetero) is 1. The zero-order valence-corrected chi connectivity index (χ0v) is 17.3. The molecule has 0 saturated carbocycles. The van der Waals surface area contributed by atoms with Crippen LogP contribution in [0.3, 0.4) is 0 Å². The summed E-state index contributed by atoms with van der Waals surface area (Å²) >= 11 is 0. The van der Waals surface area contributed by atoms with Crippen molar-refractivity contribution >= 4 is 17.4 Å². The molecule has 1 aliphatic heterocycles. The first-order valence-electron chi connectivity index (χ1n) is 9.75. The number of nitrogens with one attached hydrogen (secondary N) is 1. The number of nitrogens with two attached hydrogens (primary N) is 1. The minimum atomic E-state index is -2.08. The maximum atomic E-state index is 13.7. The van der Waals surface area contributed by atoms with Crippen LogP contribution < -0.4 is 15.8 Å². The second-order valence-electron chi connectivity index (χ2n) is 9.21. The first kappa shape index (κ1) is 19.5. The second kappa shape index (κ2) is 5.83. The van der Waals surface area contributed by atoms with Crippen molar-refractivity contribution in [1.29, 1.82) is 0 Å². The Bertz CT molecular complexity index is 1050. The molecule has 4 rings (SSSR count). The molecule has 0 aromatic heterocycles. The fraction of sp³-hybridized carbons (Fsp3) is 0.391. The Hall–Kier alpha value is -2.86. The van der Waals surface area contributed by atoms with Crippen molar-refractivity contribution < 1.29 is 19.4 Å². The summed E-state index contributed by atoms with van der Waals surface area (Å²) in [5.41, 5.74) is 5.63. The lowest BCUT2D eigenvalue weighted by Gasteiger charge is -2.36. The average molecular weight is 394 g/mol. The molecule has 0 bridgehead atoms. The van der Waals surface area contributed by atoms with Gasteiger partial charge < -0.3 is 20.9 Å². The van der Waals surface area contributed by atoms with Gasteiger partial charge in [0, 0.05) is 22.2 Å². The lowest BCUT2D eigenvalue weighted by molar-refractivity contribution is -0.177. The summed E-state index contributed by atoms with van der Waals surface area (Å²) in [6.45, 7) is 9.33. The quantitative estimate of drug-likeness (QED) is 0.679. The highest BCUT2D eigenvalue weighted by Crippen LogP contribution is 2.59. The Morgan fingerprint density at radius 2 is 1.86 bits per heavy atom. The number of ketones is 1. The van der Waals surface area contributed by atoms with Gasteiger partial charge in [-0.25, -0.2) is 0 Å². The van der Waals surface area contributed by atoms with E-state index in [9.17, 15) is 14.7 Å². The molecule has 1 heterocycles. The minimum absolute atomic E-state index is 0.183. The highest BCUT2D eigenvalue weighted by molar-refractivity contribution is 6.15. The van der Waals surface area contributed by atoms with Crippen LogP contribution in [0.25, 0.3) is 0 Å². The number of hydrogen-bond donors (Lipinski definition) is 3. The predicted octanol–water partition coefficient (Wildman–Crippen LogP) is 3.18. The molecule has 1 aliphatic carbocycles. The monoisotopic (exact) mass is 394 g/mol. The van der Waals surface area contributed by atoms with E-state index < -0.39 is 22.5 Å². The number of rotatable bonds is 2. The third kappa shape index (κ3) is 2.38. The molecular weight excluding hydrogens is 368 g/mol. The lowest BCUT2D eigenvalue weighted by atomic mass is 9.81. The van der Waals surface area contributed by atoms with Gasteiger partial charge in [0.05, 0.1) is 5.56 Å². The van der Waals surface area contributed by atoms with Crippen LogP contribution >= 0.6 is 0 Å². The molecule has 2 unspecified atom stereocenters. The molecule has 2 aromatic rings. The summed E-state index contributed by atoms with van der Waals surface area (Å²) in [5, 5.41) is 14.6. The third-order valence-electron chi connectivity index (χ3n) is 5.85. The molecule has 152 valence electrons. The number of anilines is 1. The van der Waals surface area contributed by atoms with Gasteiger partial charge in [0.15, 0.2) is 0 Å². The Balaban J connectivity index is 2.00. The number of hydrogen-bond acceptors (Lipinski definition) is 5. The smallest absolute Gasteiger partial charge is 0.271 e. The maximum absolute atomic E-state index is 13.7. The first-order valence-corrected chi connectivity index (χ1v) is 9.75. The van der Waals surface area contributed by atoms with Crippen LogP contribution in [-0.2, 0) is 16.1 Å². The van der Waals surface area contributed by atoms with Crippen LogP contribution in [0.2, 0.25) is 0 Å². The van der Waals surface area contributed by atoms with Gasteiger partial charge in [0.25, 0.3) is 5.79 Å². The number of carbonyl (C=O) groups is 2. The van der Waals surface area contributed by atoms with E-state index in [-0.39, 0.29) is 28.6 Å². The SMILES string of the molecule is CC(C)c1ccc2c(c1)OC1(O)c3cccc(N)c3C(=O)C21NC(=O)C(C)(C)C. The van der Waals surface area contributed by atoms with Crippen molar-refractivity contribution in [2.75, 3.05) is 5.73 Å². The van der Waals surface area contributed by atoms with Crippen molar-refractivity contribution in [3.63, 3.8) is 0 Å². The molecular formula is C23H26N2O4. The molecule has 6 nitrogen and oxygen atoms in total. The summed E-state index contributed by atoms with van der Waals surface area (Å²) in [7, 11) is 0. The third-order valence-corrected chi connectivity index (χ3v) is 5.85. The highest BCUT2D eigenvalue weighted by Gasteiger charge is 2.72. The summed E-state index contributed by atoms with van der Waals surface area (Å²) in [5.74, 6) is -2.30. The normalized spacial score (nSPS) is 24.7. The fourth-order valence-corrected chi connectivity index (χ4v) is 4.10. The molecule has 0 radical (unpaired) electrons. The van der Waals surface area contributed by atoms with Crippen LogP contribution in [0.15, 0.2) is 36.4 Å². The number of carbonyl (C=O) groups excluding carboxylic acids is 2. The van der Waals surface area contributed by atoms with Gasteiger partial charge >= 0.3 is 0 Å². The first-order chi connectivity index (χ1) is 13.4. The predicted molar refractivity (Wildman–Crippen MR) is 110 cm³/mol. The summed E-state index contributed by atoms with van der Waals surface area (Å²) < 4.78 is 6.04. The van der Waals surface area contributed by atoms with E-state index in [1.54, 1.807) is 45.0 Å². The molecule has 6 heteroatoms. The van der Waals surface area contributed by atoms with Crippen LogP contribution in [0, 0.1) is 5.41 Å². The van der Waals surface area contributed by atoms with Gasteiger partial charge in [-0.05, 0) is 23.6 Å². The molecule has 0 fully saturated rings. The van der Waals surface area contributed by atoms with Gasteiger partial charge in [-0.15, -0.1) is 0 Å². The number of aliphatic hydroxyl groups is 1.